The van der Waals surface area contributed by atoms with Crippen molar-refractivity contribution in [1.29, 1.82) is 0 Å². The van der Waals surface area contributed by atoms with Gasteiger partial charge in [-0.25, -0.2) is 4.68 Å². The third-order valence-electron chi connectivity index (χ3n) is 6.17. The second kappa shape index (κ2) is 9.38. The number of amides is 1. The van der Waals surface area contributed by atoms with Gasteiger partial charge in [-0.3, -0.25) is 14.5 Å². The van der Waals surface area contributed by atoms with Crippen LogP contribution in [0.3, 0.4) is 0 Å². The molecule has 33 heavy (non-hydrogen) atoms. The maximum absolute atomic E-state index is 13.1. The van der Waals surface area contributed by atoms with Gasteiger partial charge in [-0.05, 0) is 11.6 Å². The van der Waals surface area contributed by atoms with Crippen molar-refractivity contribution in [3.63, 3.8) is 0 Å². The highest BCUT2D eigenvalue weighted by atomic mass is 16.2. The molecule has 0 radical (unpaired) electrons. The molecule has 1 saturated heterocycles. The number of carbonyl (C=O) groups is 1. The van der Waals surface area contributed by atoms with Gasteiger partial charge in [-0.15, -0.1) is 0 Å². The summed E-state index contributed by atoms with van der Waals surface area (Å²) in [5, 5.41) is 6.00. The van der Waals surface area contributed by atoms with Gasteiger partial charge < -0.3 is 4.90 Å². The third kappa shape index (κ3) is 4.56. The maximum Gasteiger partial charge on any atom is 0.275 e. The molecule has 1 aromatic heterocycles. The molecule has 0 N–H and O–H groups in total. The molecule has 0 saturated carbocycles. The highest BCUT2D eigenvalue weighted by Gasteiger charge is 2.22. The Kier molecular flexibility index (Phi) is 6.00. The number of carbonyl (C=O) groups excluding carboxylic acids is 1. The van der Waals surface area contributed by atoms with Crippen molar-refractivity contribution in [1.82, 2.24) is 19.6 Å². The summed E-state index contributed by atoms with van der Waals surface area (Å²) in [7, 11) is 0. The summed E-state index contributed by atoms with van der Waals surface area (Å²) in [6.07, 6.45) is 0. The van der Waals surface area contributed by atoms with Gasteiger partial charge >= 0.3 is 0 Å². The zero-order valence-electron chi connectivity index (χ0n) is 18.4. The molecule has 4 aromatic rings. The van der Waals surface area contributed by atoms with Crippen LogP contribution in [0.25, 0.3) is 22.0 Å². The van der Waals surface area contributed by atoms with Crippen LogP contribution < -0.4 is 5.56 Å². The fourth-order valence-corrected chi connectivity index (χ4v) is 4.38. The molecule has 1 aliphatic heterocycles. The third-order valence-corrected chi connectivity index (χ3v) is 6.17. The van der Waals surface area contributed by atoms with Crippen molar-refractivity contribution in [2.24, 2.45) is 0 Å². The molecule has 1 amide bonds. The van der Waals surface area contributed by atoms with E-state index >= 15 is 0 Å². The van der Waals surface area contributed by atoms with E-state index in [4.69, 9.17) is 0 Å². The molecule has 5 rings (SSSR count). The van der Waals surface area contributed by atoms with Crippen LogP contribution in [-0.4, -0.2) is 51.7 Å². The fourth-order valence-electron chi connectivity index (χ4n) is 4.38. The summed E-state index contributed by atoms with van der Waals surface area (Å²) in [5.74, 6) is -0.0711. The number of benzene rings is 3. The van der Waals surface area contributed by atoms with Crippen LogP contribution in [0.2, 0.25) is 0 Å². The van der Waals surface area contributed by atoms with Crippen LogP contribution in [0.4, 0.5) is 0 Å². The van der Waals surface area contributed by atoms with E-state index in [1.54, 1.807) is 6.07 Å². The van der Waals surface area contributed by atoms with Crippen LogP contribution in [0, 0.1) is 0 Å². The molecule has 2 heterocycles. The lowest BCUT2D eigenvalue weighted by molar-refractivity contribution is -0.133. The molecular formula is C27H26N4O2. The predicted octanol–water partition coefficient (Wildman–Crippen LogP) is 3.41. The Morgan fingerprint density at radius 1 is 0.758 bits per heavy atom. The number of hydrogen-bond donors (Lipinski definition) is 0. The van der Waals surface area contributed by atoms with Gasteiger partial charge in [0, 0.05) is 43.7 Å². The minimum Gasteiger partial charge on any atom is -0.339 e. The first-order chi connectivity index (χ1) is 16.2. The van der Waals surface area contributed by atoms with E-state index in [9.17, 15) is 9.59 Å². The van der Waals surface area contributed by atoms with E-state index in [2.05, 4.69) is 22.1 Å². The molecule has 0 bridgehead atoms. The van der Waals surface area contributed by atoms with E-state index in [0.29, 0.717) is 24.2 Å². The van der Waals surface area contributed by atoms with E-state index in [1.165, 1.54) is 10.2 Å². The van der Waals surface area contributed by atoms with E-state index in [0.717, 1.165) is 30.6 Å². The first kappa shape index (κ1) is 21.1. The second-order valence-electron chi connectivity index (χ2n) is 8.37. The first-order valence-electron chi connectivity index (χ1n) is 11.3. The second-order valence-corrected chi connectivity index (χ2v) is 8.37. The number of rotatable bonds is 5. The lowest BCUT2D eigenvalue weighted by atomic mass is 10.1. The first-order valence-corrected chi connectivity index (χ1v) is 11.3. The minimum atomic E-state index is -0.235. The molecule has 166 valence electrons. The van der Waals surface area contributed by atoms with Crippen molar-refractivity contribution in [2.75, 3.05) is 26.2 Å². The van der Waals surface area contributed by atoms with Gasteiger partial charge in [0.2, 0.25) is 5.91 Å². The van der Waals surface area contributed by atoms with Crippen molar-refractivity contribution in [2.45, 2.75) is 13.1 Å². The smallest absolute Gasteiger partial charge is 0.275 e. The zero-order chi connectivity index (χ0) is 22.6. The fraction of sp³-hybridized carbons (Fsp3) is 0.222. The molecular weight excluding hydrogens is 412 g/mol. The molecule has 0 aliphatic carbocycles. The molecule has 3 aromatic carbocycles. The van der Waals surface area contributed by atoms with Crippen LogP contribution in [0.5, 0.6) is 0 Å². The van der Waals surface area contributed by atoms with Gasteiger partial charge in [0.05, 0.1) is 11.1 Å². The summed E-state index contributed by atoms with van der Waals surface area (Å²) in [4.78, 5) is 30.4. The monoisotopic (exact) mass is 438 g/mol. The number of hydrogen-bond acceptors (Lipinski definition) is 4. The van der Waals surface area contributed by atoms with Gasteiger partial charge in [0.25, 0.3) is 5.56 Å². The maximum atomic E-state index is 13.1. The number of fused-ring (bicyclic) bond motifs is 1. The average Bonchev–Trinajstić information content (AvgIpc) is 2.87. The van der Waals surface area contributed by atoms with Crippen molar-refractivity contribution < 1.29 is 4.79 Å². The Morgan fingerprint density at radius 2 is 1.36 bits per heavy atom. The topological polar surface area (TPSA) is 58.4 Å². The van der Waals surface area contributed by atoms with Crippen molar-refractivity contribution in [3.05, 3.63) is 101 Å². The molecule has 1 aliphatic rings. The van der Waals surface area contributed by atoms with Crippen molar-refractivity contribution in [3.8, 4) is 11.3 Å². The van der Waals surface area contributed by atoms with Gasteiger partial charge in [-0.1, -0.05) is 78.9 Å². The molecule has 0 spiro atoms. The number of nitrogens with zero attached hydrogens (tertiary/aromatic N) is 4. The van der Waals surface area contributed by atoms with E-state index < -0.39 is 0 Å². The van der Waals surface area contributed by atoms with Crippen LogP contribution in [-0.2, 0) is 17.9 Å². The van der Waals surface area contributed by atoms with Crippen LogP contribution in [0.1, 0.15) is 5.56 Å². The molecule has 0 unspecified atom stereocenters. The van der Waals surface area contributed by atoms with Crippen molar-refractivity contribution >= 4 is 16.7 Å². The van der Waals surface area contributed by atoms with Gasteiger partial charge in [-0.2, -0.15) is 5.10 Å². The highest BCUT2D eigenvalue weighted by Crippen LogP contribution is 2.24. The predicted molar refractivity (Wildman–Crippen MR) is 130 cm³/mol. The lowest BCUT2D eigenvalue weighted by Crippen LogP contribution is -2.49. The average molecular weight is 439 g/mol. The Morgan fingerprint density at radius 3 is 2.06 bits per heavy atom. The molecule has 6 nitrogen and oxygen atoms in total. The molecule has 6 heteroatoms. The highest BCUT2D eigenvalue weighted by molar-refractivity contribution is 5.93. The summed E-state index contributed by atoms with van der Waals surface area (Å²) < 4.78 is 1.32. The standard InChI is InChI=1S/C27H26N4O2/c32-25(30-17-15-29(16-18-30)19-21-9-3-1-4-10-21)20-31-27(33)24-14-8-7-13-23(24)26(28-31)22-11-5-2-6-12-22/h1-14H,15-20H2. The zero-order valence-corrected chi connectivity index (χ0v) is 18.4. The SMILES string of the molecule is O=C(Cn1nc(-c2ccccc2)c2ccccc2c1=O)N1CCN(Cc2ccccc2)CC1. The normalized spacial score (nSPS) is 14.5. The Labute approximate surface area is 192 Å². The molecule has 1 fully saturated rings. The Balaban J connectivity index is 1.34. The summed E-state index contributed by atoms with van der Waals surface area (Å²) in [6, 6.07) is 27.6. The van der Waals surface area contributed by atoms with Gasteiger partial charge in [0.1, 0.15) is 6.54 Å². The van der Waals surface area contributed by atoms with E-state index in [-0.39, 0.29) is 18.0 Å². The molecule has 0 atom stereocenters. The summed E-state index contributed by atoms with van der Waals surface area (Å²) in [6.45, 7) is 3.77. The number of aromatic nitrogens is 2. The minimum absolute atomic E-state index is 0.0534. The van der Waals surface area contributed by atoms with E-state index in [1.807, 2.05) is 71.6 Å². The Bertz CT molecular complexity index is 1310. The lowest BCUT2D eigenvalue weighted by Gasteiger charge is -2.34. The summed E-state index contributed by atoms with van der Waals surface area (Å²) >= 11 is 0. The Hall–Kier alpha value is -3.77. The largest absolute Gasteiger partial charge is 0.339 e. The van der Waals surface area contributed by atoms with Gasteiger partial charge in [0.15, 0.2) is 0 Å². The van der Waals surface area contributed by atoms with Crippen LogP contribution >= 0.6 is 0 Å². The number of piperazine rings is 1. The summed E-state index contributed by atoms with van der Waals surface area (Å²) in [5.41, 5.74) is 2.68. The quantitative estimate of drug-likeness (QED) is 0.479. The van der Waals surface area contributed by atoms with Crippen LogP contribution in [0.15, 0.2) is 89.7 Å².